The maximum Gasteiger partial charge on any atom is 0.573 e. The van der Waals surface area contributed by atoms with Crippen LogP contribution >= 0.6 is 0 Å². The zero-order chi connectivity index (χ0) is 24.6. The van der Waals surface area contributed by atoms with Crippen LogP contribution in [0.2, 0.25) is 0 Å². The Balaban J connectivity index is 1.86. The fraction of sp³-hybridized carbons (Fsp3) is 0.500. The van der Waals surface area contributed by atoms with E-state index in [1.807, 2.05) is 0 Å². The van der Waals surface area contributed by atoms with Gasteiger partial charge in [0.05, 0.1) is 12.2 Å². The van der Waals surface area contributed by atoms with E-state index in [1.165, 1.54) is 0 Å². The van der Waals surface area contributed by atoms with Gasteiger partial charge in [0, 0.05) is 6.42 Å². The van der Waals surface area contributed by atoms with Crippen molar-refractivity contribution in [2.24, 2.45) is 0 Å². The van der Waals surface area contributed by atoms with E-state index in [9.17, 15) is 46.8 Å². The smallest absolute Gasteiger partial charge is 0.443 e. The number of nitrogens with one attached hydrogen (secondary N) is 1. The molecule has 2 heterocycles. The number of ether oxygens (including phenoxy) is 3. The Hall–Kier alpha value is -2.59. The molecule has 0 bridgehead atoms. The Morgan fingerprint density at radius 3 is 2.15 bits per heavy atom. The van der Waals surface area contributed by atoms with Crippen molar-refractivity contribution < 1.29 is 61.0 Å². The van der Waals surface area contributed by atoms with Gasteiger partial charge in [0.2, 0.25) is 12.2 Å². The number of aliphatic hydroxyl groups excluding tert-OH is 4. The number of aliphatic hydroxyl groups is 4. The number of benzene rings is 1. The maximum absolute atomic E-state index is 13.4. The largest absolute Gasteiger partial charge is 0.573 e. The average Bonchev–Trinajstić information content (AvgIpc) is 3.11. The minimum atomic E-state index is -4.94. The monoisotopic (exact) mass is 488 g/mol. The minimum absolute atomic E-state index is 0.134. The van der Waals surface area contributed by atoms with Crippen molar-refractivity contribution in [3.05, 3.63) is 41.1 Å². The van der Waals surface area contributed by atoms with Crippen LogP contribution in [-0.2, 0) is 17.3 Å². The van der Waals surface area contributed by atoms with Gasteiger partial charge in [-0.2, -0.15) is 13.2 Å². The standard InChI is InChI=1S/C18H18F6N2O7/c19-17(20,21)14-9(5-7-1-3-8(4-2-7)33-18(22,23)24)15(26-25-14)32-16-13(30)12(29)11(28)10(6-27)31-16/h1-4,10-13,16,27-30H,5-6H2,(H,25,26)/t10-,11-,12+,13-,16-/m1/s1. The molecular weight excluding hydrogens is 470 g/mol. The quantitative estimate of drug-likeness (QED) is 0.382. The van der Waals surface area contributed by atoms with Crippen LogP contribution in [0.1, 0.15) is 16.8 Å². The van der Waals surface area contributed by atoms with Gasteiger partial charge < -0.3 is 34.6 Å². The summed E-state index contributed by atoms with van der Waals surface area (Å²) in [6.45, 7) is -0.793. The lowest BCUT2D eigenvalue weighted by atomic mass is 9.99. The molecule has 0 saturated carbocycles. The summed E-state index contributed by atoms with van der Waals surface area (Å²) in [5.41, 5.74) is -1.75. The lowest BCUT2D eigenvalue weighted by molar-refractivity contribution is -0.278. The second-order valence-corrected chi connectivity index (χ2v) is 7.06. The highest BCUT2D eigenvalue weighted by atomic mass is 19.4. The molecule has 9 nitrogen and oxygen atoms in total. The predicted octanol–water partition coefficient (Wildman–Crippen LogP) is 1.10. The molecule has 1 saturated heterocycles. The number of H-pyrrole nitrogens is 1. The van der Waals surface area contributed by atoms with Crippen molar-refractivity contribution in [1.29, 1.82) is 0 Å². The van der Waals surface area contributed by atoms with Crippen LogP contribution in [0.25, 0.3) is 0 Å². The van der Waals surface area contributed by atoms with Gasteiger partial charge in [0.15, 0.2) is 0 Å². The van der Waals surface area contributed by atoms with Gasteiger partial charge in [-0.15, -0.1) is 18.3 Å². The van der Waals surface area contributed by atoms with Crippen LogP contribution < -0.4 is 9.47 Å². The Kier molecular flexibility index (Phi) is 7.09. The maximum atomic E-state index is 13.4. The van der Waals surface area contributed by atoms with E-state index in [0.717, 1.165) is 24.3 Å². The van der Waals surface area contributed by atoms with E-state index in [-0.39, 0.29) is 5.56 Å². The molecule has 1 aromatic heterocycles. The Morgan fingerprint density at radius 2 is 1.61 bits per heavy atom. The molecule has 1 aromatic carbocycles. The molecule has 0 spiro atoms. The van der Waals surface area contributed by atoms with Gasteiger partial charge >= 0.3 is 12.5 Å². The van der Waals surface area contributed by atoms with Crippen molar-refractivity contribution in [3.8, 4) is 11.6 Å². The summed E-state index contributed by atoms with van der Waals surface area (Å²) >= 11 is 0. The summed E-state index contributed by atoms with van der Waals surface area (Å²) in [7, 11) is 0. The molecule has 0 amide bonds. The number of nitrogens with zero attached hydrogens (tertiary/aromatic N) is 1. The summed E-state index contributed by atoms with van der Waals surface area (Å²) in [5.74, 6) is -1.26. The summed E-state index contributed by atoms with van der Waals surface area (Å²) in [4.78, 5) is 0. The van der Waals surface area contributed by atoms with Crippen LogP contribution in [0.4, 0.5) is 26.3 Å². The molecule has 0 aliphatic carbocycles. The molecule has 33 heavy (non-hydrogen) atoms. The lowest BCUT2D eigenvalue weighted by Crippen LogP contribution is -2.60. The molecule has 1 fully saturated rings. The Morgan fingerprint density at radius 1 is 0.970 bits per heavy atom. The van der Waals surface area contributed by atoms with Crippen LogP contribution in [0, 0.1) is 0 Å². The number of aromatic nitrogens is 2. The first-order valence-electron chi connectivity index (χ1n) is 9.26. The third kappa shape index (κ3) is 5.86. The first kappa shape index (κ1) is 25.0. The second kappa shape index (κ2) is 9.34. The number of hydrogen-bond donors (Lipinski definition) is 5. The van der Waals surface area contributed by atoms with Crippen molar-refractivity contribution in [2.45, 2.75) is 49.7 Å². The van der Waals surface area contributed by atoms with Crippen LogP contribution in [0.15, 0.2) is 24.3 Å². The van der Waals surface area contributed by atoms with Gasteiger partial charge in [-0.3, -0.25) is 5.10 Å². The molecule has 0 radical (unpaired) electrons. The fourth-order valence-corrected chi connectivity index (χ4v) is 3.13. The molecule has 1 aliphatic heterocycles. The van der Waals surface area contributed by atoms with E-state index >= 15 is 0 Å². The van der Waals surface area contributed by atoms with E-state index in [2.05, 4.69) is 9.84 Å². The fourth-order valence-electron chi connectivity index (χ4n) is 3.13. The predicted molar refractivity (Wildman–Crippen MR) is 93.9 cm³/mol. The van der Waals surface area contributed by atoms with E-state index < -0.39 is 79.2 Å². The first-order chi connectivity index (χ1) is 15.3. The number of hydrogen-bond acceptors (Lipinski definition) is 8. The molecule has 5 N–H and O–H groups in total. The Bertz CT molecular complexity index is 932. The third-order valence-electron chi connectivity index (χ3n) is 4.73. The number of alkyl halides is 6. The van der Waals surface area contributed by atoms with Gasteiger partial charge in [-0.05, 0) is 17.7 Å². The van der Waals surface area contributed by atoms with Crippen molar-refractivity contribution in [2.75, 3.05) is 6.61 Å². The Labute approximate surface area is 181 Å². The van der Waals surface area contributed by atoms with Crippen molar-refractivity contribution in [3.63, 3.8) is 0 Å². The van der Waals surface area contributed by atoms with Crippen LogP contribution in [0.5, 0.6) is 11.6 Å². The molecule has 184 valence electrons. The normalized spacial score (nSPS) is 26.3. The third-order valence-corrected chi connectivity index (χ3v) is 4.73. The lowest BCUT2D eigenvalue weighted by Gasteiger charge is -2.39. The van der Waals surface area contributed by atoms with Crippen molar-refractivity contribution in [1.82, 2.24) is 10.2 Å². The zero-order valence-electron chi connectivity index (χ0n) is 16.3. The van der Waals surface area contributed by atoms with E-state index in [1.54, 1.807) is 5.10 Å². The molecular formula is C18H18F6N2O7. The molecule has 3 rings (SSSR count). The SMILES string of the molecule is OC[C@H]1O[C@H](Oc2n[nH]c(C(F)(F)F)c2Cc2ccc(OC(F)(F)F)cc2)[C@H](O)[C@@H](O)[C@@H]1O. The molecule has 1 aliphatic rings. The summed E-state index contributed by atoms with van der Waals surface area (Å²) in [6, 6.07) is 4.03. The van der Waals surface area contributed by atoms with Gasteiger partial charge in [-0.1, -0.05) is 12.1 Å². The summed E-state index contributed by atoms with van der Waals surface area (Å²) in [5, 5.41) is 44.1. The highest BCUT2D eigenvalue weighted by Gasteiger charge is 2.46. The van der Waals surface area contributed by atoms with Crippen LogP contribution in [-0.4, -0.2) is 74.3 Å². The van der Waals surface area contributed by atoms with Crippen molar-refractivity contribution >= 4 is 0 Å². The van der Waals surface area contributed by atoms with E-state index in [0.29, 0.717) is 0 Å². The zero-order valence-corrected chi connectivity index (χ0v) is 16.3. The van der Waals surface area contributed by atoms with E-state index in [4.69, 9.17) is 9.47 Å². The second-order valence-electron chi connectivity index (χ2n) is 7.06. The minimum Gasteiger partial charge on any atom is -0.443 e. The van der Waals surface area contributed by atoms with Gasteiger partial charge in [0.1, 0.15) is 35.9 Å². The summed E-state index contributed by atoms with van der Waals surface area (Å²) < 4.78 is 91.2. The number of halogens is 6. The number of rotatable bonds is 6. The first-order valence-corrected chi connectivity index (χ1v) is 9.26. The average molecular weight is 488 g/mol. The van der Waals surface area contributed by atoms with Gasteiger partial charge in [0.25, 0.3) is 0 Å². The molecule has 0 unspecified atom stereocenters. The highest BCUT2D eigenvalue weighted by molar-refractivity contribution is 5.39. The molecule has 15 heteroatoms. The highest BCUT2D eigenvalue weighted by Crippen LogP contribution is 2.37. The topological polar surface area (TPSA) is 137 Å². The van der Waals surface area contributed by atoms with Gasteiger partial charge in [-0.25, -0.2) is 0 Å². The molecule has 5 atom stereocenters. The number of aromatic amines is 1. The van der Waals surface area contributed by atoms with Crippen LogP contribution in [0.3, 0.4) is 0 Å². The summed E-state index contributed by atoms with van der Waals surface area (Å²) in [6.07, 6.45) is -19.0. The molecule has 2 aromatic rings.